The minimum atomic E-state index is -0.320. The molecule has 7 heteroatoms. The summed E-state index contributed by atoms with van der Waals surface area (Å²) in [5.41, 5.74) is 2.85. The van der Waals surface area contributed by atoms with Crippen LogP contribution >= 0.6 is 11.3 Å². The molecule has 1 aliphatic rings. The molecule has 1 fully saturated rings. The molecule has 1 saturated heterocycles. The number of rotatable bonds is 4. The predicted octanol–water partition coefficient (Wildman–Crippen LogP) is 3.24. The van der Waals surface area contributed by atoms with E-state index in [0.717, 1.165) is 29.4 Å². The fourth-order valence-electron chi connectivity index (χ4n) is 2.72. The molecule has 0 radical (unpaired) electrons. The van der Waals surface area contributed by atoms with Gasteiger partial charge in [-0.1, -0.05) is 12.1 Å². The number of hydrogen-bond acceptors (Lipinski definition) is 6. The van der Waals surface area contributed by atoms with Gasteiger partial charge < -0.3 is 4.74 Å². The Hall–Kier alpha value is -1.83. The molecular formula is C16H19N3O3S. The molecule has 0 unspecified atom stereocenters. The third kappa shape index (κ3) is 3.74. The van der Waals surface area contributed by atoms with Gasteiger partial charge in [-0.25, -0.2) is 4.98 Å². The molecule has 3 rings (SSSR count). The third-order valence-corrected chi connectivity index (χ3v) is 4.99. The van der Waals surface area contributed by atoms with Crippen LogP contribution in [0.3, 0.4) is 0 Å². The van der Waals surface area contributed by atoms with Gasteiger partial charge >= 0.3 is 0 Å². The first-order valence-electron chi connectivity index (χ1n) is 7.53. The highest BCUT2D eigenvalue weighted by Crippen LogP contribution is 2.27. The normalized spacial score (nSPS) is 19.0. The molecule has 0 aliphatic carbocycles. The number of ether oxygens (including phenoxy) is 1. The minimum Gasteiger partial charge on any atom is -0.368 e. The van der Waals surface area contributed by atoms with E-state index in [0.29, 0.717) is 18.7 Å². The number of aromatic nitrogens is 1. The van der Waals surface area contributed by atoms with Crippen LogP contribution < -0.4 is 0 Å². The van der Waals surface area contributed by atoms with Crippen molar-refractivity contribution in [3.63, 3.8) is 0 Å². The van der Waals surface area contributed by atoms with Gasteiger partial charge in [-0.2, -0.15) is 0 Å². The summed E-state index contributed by atoms with van der Waals surface area (Å²) in [4.78, 5) is 17.5. The first kappa shape index (κ1) is 16.0. The van der Waals surface area contributed by atoms with Crippen LogP contribution in [0.1, 0.15) is 27.9 Å². The molecule has 1 aromatic carbocycles. The van der Waals surface area contributed by atoms with Crippen molar-refractivity contribution in [1.82, 2.24) is 9.88 Å². The van der Waals surface area contributed by atoms with Gasteiger partial charge in [0.25, 0.3) is 5.69 Å². The van der Waals surface area contributed by atoms with E-state index in [4.69, 9.17) is 4.74 Å². The van der Waals surface area contributed by atoms with Crippen molar-refractivity contribution in [3.8, 4) is 0 Å². The lowest BCUT2D eigenvalue weighted by Crippen LogP contribution is -2.37. The Kier molecular flexibility index (Phi) is 4.70. The second-order valence-corrected chi connectivity index (χ2v) is 6.69. The minimum absolute atomic E-state index is 0.0112. The average Bonchev–Trinajstić information content (AvgIpc) is 2.96. The first-order valence-corrected chi connectivity index (χ1v) is 8.41. The smallest absolute Gasteiger partial charge is 0.272 e. The van der Waals surface area contributed by atoms with Crippen molar-refractivity contribution in [2.24, 2.45) is 0 Å². The number of benzene rings is 1. The molecule has 0 saturated carbocycles. The van der Waals surface area contributed by atoms with E-state index in [1.54, 1.807) is 24.3 Å². The summed E-state index contributed by atoms with van der Waals surface area (Å²) in [6.45, 7) is 6.66. The molecule has 0 spiro atoms. The standard InChI is InChI=1S/C16H19N3O3S/c1-11-3-4-13(7-14(11)19(20)21)8-18-5-6-22-15(9-18)16-17-12(2)10-23-16/h3-4,7,10,15H,5-6,8-9H2,1-2H3/t15-/m1/s1. The molecule has 23 heavy (non-hydrogen) atoms. The Bertz CT molecular complexity index is 716. The molecule has 0 amide bonds. The number of nitrogens with zero attached hydrogens (tertiary/aromatic N) is 3. The van der Waals surface area contributed by atoms with Gasteiger partial charge in [-0.05, 0) is 19.4 Å². The quantitative estimate of drug-likeness (QED) is 0.634. The summed E-state index contributed by atoms with van der Waals surface area (Å²) >= 11 is 1.62. The van der Waals surface area contributed by atoms with Gasteiger partial charge in [0, 0.05) is 42.3 Å². The van der Waals surface area contributed by atoms with E-state index in [2.05, 4.69) is 9.88 Å². The Morgan fingerprint density at radius 3 is 3.00 bits per heavy atom. The lowest BCUT2D eigenvalue weighted by atomic mass is 10.1. The van der Waals surface area contributed by atoms with Gasteiger partial charge in [0.05, 0.1) is 11.5 Å². The zero-order chi connectivity index (χ0) is 16.4. The zero-order valence-corrected chi connectivity index (χ0v) is 14.0. The largest absolute Gasteiger partial charge is 0.368 e. The van der Waals surface area contributed by atoms with Crippen molar-refractivity contribution in [3.05, 3.63) is 55.5 Å². The first-order chi connectivity index (χ1) is 11.0. The monoisotopic (exact) mass is 333 g/mol. The van der Waals surface area contributed by atoms with Crippen LogP contribution in [0.25, 0.3) is 0 Å². The van der Waals surface area contributed by atoms with Gasteiger partial charge in [-0.15, -0.1) is 11.3 Å². The van der Waals surface area contributed by atoms with Gasteiger partial charge in [0.15, 0.2) is 0 Å². The summed E-state index contributed by atoms with van der Waals surface area (Å²) in [6.07, 6.45) is -0.0112. The van der Waals surface area contributed by atoms with Crippen LogP contribution in [0.4, 0.5) is 5.69 Å². The number of morpholine rings is 1. The van der Waals surface area contributed by atoms with Gasteiger partial charge in [0.2, 0.25) is 0 Å². The summed E-state index contributed by atoms with van der Waals surface area (Å²) < 4.78 is 5.82. The highest BCUT2D eigenvalue weighted by molar-refractivity contribution is 7.09. The maximum atomic E-state index is 11.1. The molecule has 1 aromatic heterocycles. The third-order valence-electron chi connectivity index (χ3n) is 3.94. The molecule has 0 N–H and O–H groups in total. The highest BCUT2D eigenvalue weighted by Gasteiger charge is 2.24. The summed E-state index contributed by atoms with van der Waals surface area (Å²) in [5, 5.41) is 14.1. The maximum Gasteiger partial charge on any atom is 0.272 e. The van der Waals surface area contributed by atoms with E-state index < -0.39 is 0 Å². The number of aryl methyl sites for hydroxylation is 2. The highest BCUT2D eigenvalue weighted by atomic mass is 32.1. The van der Waals surface area contributed by atoms with Gasteiger partial charge in [0.1, 0.15) is 11.1 Å². The number of thiazole rings is 1. The molecule has 1 atom stereocenters. The van der Waals surface area contributed by atoms with Crippen LogP contribution in [0.15, 0.2) is 23.6 Å². The molecule has 2 aromatic rings. The lowest BCUT2D eigenvalue weighted by molar-refractivity contribution is -0.385. The predicted molar refractivity (Wildman–Crippen MR) is 88.7 cm³/mol. The van der Waals surface area contributed by atoms with Crippen molar-refractivity contribution in [2.75, 3.05) is 19.7 Å². The van der Waals surface area contributed by atoms with Crippen LogP contribution in [0.2, 0.25) is 0 Å². The SMILES string of the molecule is Cc1csc([C@H]2CN(Cc3ccc(C)c([N+](=O)[O-])c3)CCO2)n1. The Morgan fingerprint density at radius 2 is 2.30 bits per heavy atom. The zero-order valence-electron chi connectivity index (χ0n) is 13.2. The molecule has 0 bridgehead atoms. The summed E-state index contributed by atoms with van der Waals surface area (Å²) in [7, 11) is 0. The fraction of sp³-hybridized carbons (Fsp3) is 0.438. The van der Waals surface area contributed by atoms with Crippen molar-refractivity contribution < 1.29 is 9.66 Å². The Morgan fingerprint density at radius 1 is 1.48 bits per heavy atom. The van der Waals surface area contributed by atoms with Crippen LogP contribution in [0.5, 0.6) is 0 Å². The molecule has 1 aliphatic heterocycles. The number of nitro groups is 1. The van der Waals surface area contributed by atoms with E-state index in [9.17, 15) is 10.1 Å². The Labute approximate surface area is 138 Å². The summed E-state index contributed by atoms with van der Waals surface area (Å²) in [5.74, 6) is 0. The van der Waals surface area contributed by atoms with Crippen LogP contribution in [0, 0.1) is 24.0 Å². The van der Waals surface area contributed by atoms with Crippen LogP contribution in [-0.2, 0) is 11.3 Å². The van der Waals surface area contributed by atoms with E-state index in [1.165, 1.54) is 0 Å². The van der Waals surface area contributed by atoms with Crippen molar-refractivity contribution in [1.29, 1.82) is 0 Å². The van der Waals surface area contributed by atoms with Gasteiger partial charge in [-0.3, -0.25) is 15.0 Å². The van der Waals surface area contributed by atoms with Crippen molar-refractivity contribution in [2.45, 2.75) is 26.5 Å². The Balaban J connectivity index is 1.70. The second-order valence-electron chi connectivity index (χ2n) is 5.80. The van der Waals surface area contributed by atoms with Crippen molar-refractivity contribution >= 4 is 17.0 Å². The van der Waals surface area contributed by atoms with E-state index in [-0.39, 0.29) is 16.7 Å². The van der Waals surface area contributed by atoms with Crippen LogP contribution in [-0.4, -0.2) is 34.5 Å². The average molecular weight is 333 g/mol. The topological polar surface area (TPSA) is 68.5 Å². The molecule has 6 nitrogen and oxygen atoms in total. The lowest BCUT2D eigenvalue weighted by Gasteiger charge is -2.32. The van der Waals surface area contributed by atoms with E-state index >= 15 is 0 Å². The fourth-order valence-corrected chi connectivity index (χ4v) is 3.56. The molecule has 2 heterocycles. The number of nitro benzene ring substituents is 1. The molecular weight excluding hydrogens is 314 g/mol. The number of hydrogen-bond donors (Lipinski definition) is 0. The summed E-state index contributed by atoms with van der Waals surface area (Å²) in [6, 6.07) is 5.45. The van der Waals surface area contributed by atoms with E-state index in [1.807, 2.05) is 24.4 Å². The molecule has 122 valence electrons. The maximum absolute atomic E-state index is 11.1. The second kappa shape index (κ2) is 6.74.